The van der Waals surface area contributed by atoms with E-state index in [2.05, 4.69) is 68.2 Å². The molecule has 9 heteroatoms. The molecule has 3 aromatic heterocycles. The third-order valence-electron chi connectivity index (χ3n) is 6.08. The maximum absolute atomic E-state index is 10.9. The van der Waals surface area contributed by atoms with Crippen molar-refractivity contribution in [2.24, 2.45) is 0 Å². The van der Waals surface area contributed by atoms with Crippen molar-refractivity contribution in [2.75, 3.05) is 36.0 Å². The smallest absolute Gasteiger partial charge is 0.287 e. The van der Waals surface area contributed by atoms with E-state index in [1.165, 1.54) is 29.0 Å². The Labute approximate surface area is 195 Å². The summed E-state index contributed by atoms with van der Waals surface area (Å²) in [7, 11) is 0. The van der Waals surface area contributed by atoms with Crippen LogP contribution in [0.3, 0.4) is 0 Å². The SMILES string of the molecule is CC(C)c1ccc(-c2csc3ncnc(N4CCN(c5ccc([N+](=O)[O-])cn5)CC4)c23)cc1. The molecular weight excluding hydrogens is 436 g/mol. The fourth-order valence-corrected chi connectivity index (χ4v) is 5.09. The van der Waals surface area contributed by atoms with E-state index in [1.54, 1.807) is 23.7 Å². The topological polar surface area (TPSA) is 88.3 Å². The van der Waals surface area contributed by atoms with E-state index < -0.39 is 4.92 Å². The molecule has 4 aromatic rings. The Morgan fingerprint density at radius 3 is 2.33 bits per heavy atom. The second-order valence-electron chi connectivity index (χ2n) is 8.41. The van der Waals surface area contributed by atoms with Crippen molar-refractivity contribution in [3.8, 4) is 11.1 Å². The summed E-state index contributed by atoms with van der Waals surface area (Å²) in [5.41, 5.74) is 3.67. The normalized spacial score (nSPS) is 14.3. The molecule has 0 N–H and O–H groups in total. The number of nitro groups is 1. The molecule has 1 aliphatic rings. The molecule has 168 valence electrons. The fourth-order valence-electron chi connectivity index (χ4n) is 4.18. The Bertz CT molecular complexity index is 1280. The molecule has 1 aliphatic heterocycles. The van der Waals surface area contributed by atoms with Gasteiger partial charge in [-0.05, 0) is 23.1 Å². The third kappa shape index (κ3) is 4.11. The first kappa shape index (κ1) is 21.3. The van der Waals surface area contributed by atoms with E-state index in [0.29, 0.717) is 5.92 Å². The van der Waals surface area contributed by atoms with Crippen molar-refractivity contribution in [1.82, 2.24) is 15.0 Å². The molecule has 1 aromatic carbocycles. The zero-order valence-corrected chi connectivity index (χ0v) is 19.3. The van der Waals surface area contributed by atoms with Gasteiger partial charge in [-0.3, -0.25) is 10.1 Å². The number of hydrogen-bond donors (Lipinski definition) is 0. The summed E-state index contributed by atoms with van der Waals surface area (Å²) >= 11 is 1.65. The molecular formula is C24H24N6O2S. The molecule has 1 fully saturated rings. The van der Waals surface area contributed by atoms with Crippen LogP contribution in [0, 0.1) is 10.1 Å². The molecule has 0 radical (unpaired) electrons. The van der Waals surface area contributed by atoms with E-state index in [-0.39, 0.29) is 5.69 Å². The minimum absolute atomic E-state index is 0.00665. The summed E-state index contributed by atoms with van der Waals surface area (Å²) in [5.74, 6) is 2.22. The minimum atomic E-state index is -0.427. The van der Waals surface area contributed by atoms with Crippen LogP contribution in [0.1, 0.15) is 25.3 Å². The number of pyridine rings is 1. The summed E-state index contributed by atoms with van der Waals surface area (Å²) in [6.07, 6.45) is 2.96. The summed E-state index contributed by atoms with van der Waals surface area (Å²) in [6, 6.07) is 12.0. The number of thiophene rings is 1. The van der Waals surface area contributed by atoms with Crippen molar-refractivity contribution in [3.05, 3.63) is 70.0 Å². The second kappa shape index (κ2) is 8.74. The summed E-state index contributed by atoms with van der Waals surface area (Å²) in [5, 5.41) is 14.2. The molecule has 0 saturated carbocycles. The first-order valence-corrected chi connectivity index (χ1v) is 11.8. The van der Waals surface area contributed by atoms with Gasteiger partial charge in [-0.2, -0.15) is 0 Å². The highest BCUT2D eigenvalue weighted by atomic mass is 32.1. The highest BCUT2D eigenvalue weighted by Gasteiger charge is 2.23. The number of piperazine rings is 1. The van der Waals surface area contributed by atoms with Crippen LogP contribution in [0.2, 0.25) is 0 Å². The Morgan fingerprint density at radius 1 is 0.970 bits per heavy atom. The highest BCUT2D eigenvalue weighted by molar-refractivity contribution is 7.17. The van der Waals surface area contributed by atoms with Crippen LogP contribution in [0.5, 0.6) is 0 Å². The zero-order chi connectivity index (χ0) is 22.9. The Balaban J connectivity index is 1.39. The number of anilines is 2. The van der Waals surface area contributed by atoms with Gasteiger partial charge in [0.2, 0.25) is 0 Å². The van der Waals surface area contributed by atoms with E-state index in [1.807, 2.05) is 0 Å². The van der Waals surface area contributed by atoms with Crippen LogP contribution in [-0.4, -0.2) is 46.1 Å². The maximum Gasteiger partial charge on any atom is 0.287 e. The number of fused-ring (bicyclic) bond motifs is 1. The van der Waals surface area contributed by atoms with E-state index in [0.717, 1.165) is 48.0 Å². The predicted octanol–water partition coefficient (Wildman–Crippen LogP) is 5.11. The fraction of sp³-hybridized carbons (Fsp3) is 0.292. The maximum atomic E-state index is 10.9. The Kier molecular flexibility index (Phi) is 5.63. The van der Waals surface area contributed by atoms with Crippen LogP contribution in [0.25, 0.3) is 21.3 Å². The van der Waals surface area contributed by atoms with Gasteiger partial charge in [-0.15, -0.1) is 11.3 Å². The quantitative estimate of drug-likeness (QED) is 0.302. The lowest BCUT2D eigenvalue weighted by atomic mass is 9.99. The van der Waals surface area contributed by atoms with Crippen molar-refractivity contribution in [3.63, 3.8) is 0 Å². The highest BCUT2D eigenvalue weighted by Crippen LogP contribution is 2.38. The molecule has 4 heterocycles. The molecule has 5 rings (SSSR count). The van der Waals surface area contributed by atoms with Crippen LogP contribution < -0.4 is 9.80 Å². The molecule has 1 saturated heterocycles. The molecule has 0 unspecified atom stereocenters. The average molecular weight is 461 g/mol. The second-order valence-corrected chi connectivity index (χ2v) is 9.27. The summed E-state index contributed by atoms with van der Waals surface area (Å²) < 4.78 is 0. The molecule has 0 atom stereocenters. The van der Waals surface area contributed by atoms with Crippen LogP contribution >= 0.6 is 11.3 Å². The third-order valence-corrected chi connectivity index (χ3v) is 6.97. The number of benzene rings is 1. The summed E-state index contributed by atoms with van der Waals surface area (Å²) in [6.45, 7) is 7.50. The van der Waals surface area contributed by atoms with Crippen LogP contribution in [0.4, 0.5) is 17.3 Å². The van der Waals surface area contributed by atoms with Crippen molar-refractivity contribution < 1.29 is 4.92 Å². The standard InChI is InChI=1S/C24H24N6O2S/c1-16(2)17-3-5-18(6-4-17)20-14-33-24-22(20)23(26-15-27-24)29-11-9-28(10-12-29)21-8-7-19(13-25-21)30(31)32/h3-8,13-16H,9-12H2,1-2H3. The molecule has 0 spiro atoms. The molecule has 33 heavy (non-hydrogen) atoms. The monoisotopic (exact) mass is 460 g/mol. The number of aromatic nitrogens is 3. The van der Waals surface area contributed by atoms with Gasteiger partial charge in [0.05, 0.1) is 10.3 Å². The molecule has 0 aliphatic carbocycles. The minimum Gasteiger partial charge on any atom is -0.353 e. The van der Waals surface area contributed by atoms with Crippen molar-refractivity contribution >= 4 is 38.9 Å². The number of hydrogen-bond acceptors (Lipinski definition) is 8. The molecule has 8 nitrogen and oxygen atoms in total. The first-order chi connectivity index (χ1) is 16.0. The van der Waals surface area contributed by atoms with Gasteiger partial charge in [0.25, 0.3) is 5.69 Å². The largest absolute Gasteiger partial charge is 0.353 e. The average Bonchev–Trinajstić information content (AvgIpc) is 3.29. The van der Waals surface area contributed by atoms with Gasteiger partial charge in [-0.1, -0.05) is 38.1 Å². The van der Waals surface area contributed by atoms with Gasteiger partial charge >= 0.3 is 0 Å². The lowest BCUT2D eigenvalue weighted by molar-refractivity contribution is -0.385. The van der Waals surface area contributed by atoms with E-state index in [4.69, 9.17) is 0 Å². The Morgan fingerprint density at radius 2 is 1.70 bits per heavy atom. The summed E-state index contributed by atoms with van der Waals surface area (Å²) in [4.78, 5) is 29.4. The lowest BCUT2D eigenvalue weighted by Gasteiger charge is -2.36. The van der Waals surface area contributed by atoms with Gasteiger partial charge in [-0.25, -0.2) is 15.0 Å². The zero-order valence-electron chi connectivity index (χ0n) is 18.5. The Hall–Kier alpha value is -3.59. The van der Waals surface area contributed by atoms with Crippen molar-refractivity contribution in [2.45, 2.75) is 19.8 Å². The van der Waals surface area contributed by atoms with E-state index in [9.17, 15) is 10.1 Å². The van der Waals surface area contributed by atoms with Gasteiger partial charge < -0.3 is 9.80 Å². The van der Waals surface area contributed by atoms with Gasteiger partial charge in [0.15, 0.2) is 0 Å². The number of nitrogens with zero attached hydrogens (tertiary/aromatic N) is 6. The molecule has 0 bridgehead atoms. The van der Waals surface area contributed by atoms with Crippen LogP contribution in [0.15, 0.2) is 54.3 Å². The van der Waals surface area contributed by atoms with Gasteiger partial charge in [0, 0.05) is 43.2 Å². The lowest BCUT2D eigenvalue weighted by Crippen LogP contribution is -2.47. The first-order valence-electron chi connectivity index (χ1n) is 10.9. The van der Waals surface area contributed by atoms with Gasteiger partial charge in [0.1, 0.15) is 29.0 Å². The molecule has 0 amide bonds. The number of rotatable bonds is 5. The predicted molar refractivity (Wildman–Crippen MR) is 132 cm³/mol. The van der Waals surface area contributed by atoms with E-state index >= 15 is 0 Å². The van der Waals surface area contributed by atoms with Crippen molar-refractivity contribution in [1.29, 1.82) is 0 Å². The van der Waals surface area contributed by atoms with Crippen LogP contribution in [-0.2, 0) is 0 Å².